The molecule has 2 heterocycles. The van der Waals surface area contributed by atoms with E-state index in [1.54, 1.807) is 6.07 Å². The summed E-state index contributed by atoms with van der Waals surface area (Å²) in [5.74, 6) is -7.50. The number of hydrogen-bond acceptors (Lipinski definition) is 8. The predicted octanol–water partition coefficient (Wildman–Crippen LogP) is 5.66. The van der Waals surface area contributed by atoms with Gasteiger partial charge in [0.2, 0.25) is 11.6 Å². The van der Waals surface area contributed by atoms with Crippen molar-refractivity contribution in [1.29, 1.82) is 0 Å². The van der Waals surface area contributed by atoms with Gasteiger partial charge in [0.15, 0.2) is 0 Å². The number of piperidine rings is 2. The number of nitrogens with zero attached hydrogens (tertiary/aromatic N) is 3. The summed E-state index contributed by atoms with van der Waals surface area (Å²) in [4.78, 5) is 67.6. The van der Waals surface area contributed by atoms with Gasteiger partial charge < -0.3 is 35.1 Å². The van der Waals surface area contributed by atoms with Crippen molar-refractivity contribution in [2.24, 2.45) is 5.92 Å². The Hall–Kier alpha value is -5.12. The van der Waals surface area contributed by atoms with Crippen LogP contribution in [-0.2, 0) is 22.2 Å². The predicted molar refractivity (Wildman–Crippen MR) is 204 cm³/mol. The van der Waals surface area contributed by atoms with Gasteiger partial charge in [-0.25, -0.2) is 14.4 Å². The van der Waals surface area contributed by atoms with Gasteiger partial charge in [0.1, 0.15) is 0 Å². The highest BCUT2D eigenvalue weighted by Crippen LogP contribution is 2.32. The molecule has 3 aromatic carbocycles. The standard InChI is InChI=1S/C24H36F3N3O.C18H14O8/c1-3-28(19(2)16-21-8-7-9-22(17-21)24(25,26)27)18-20-10-14-30(15-11-20)23(31)29-12-5-4-6-13-29;19-13(11-7-3-1-4-8-11)17(25,15(21)22)18(26,16(23)24)14(20)12-9-5-2-6-10-12/h7-9,17,19-20H,3-6,10-16,18H2,1-2H3;1-10,25-26H,(H,21,22)(H,23,24). The summed E-state index contributed by atoms with van der Waals surface area (Å²) in [7, 11) is 0. The molecule has 0 aromatic heterocycles. The quantitative estimate of drug-likeness (QED) is 0.125. The molecule has 15 heteroatoms. The number of rotatable bonds is 13. The highest BCUT2D eigenvalue weighted by molar-refractivity contribution is 6.28. The van der Waals surface area contributed by atoms with Crippen molar-refractivity contribution in [1.82, 2.24) is 14.7 Å². The molecule has 0 radical (unpaired) electrons. The fraction of sp³-hybridized carbons (Fsp3) is 0.452. The number of likely N-dealkylation sites (N-methyl/N-ethyl adjacent to an activating group) is 1. The zero-order valence-corrected chi connectivity index (χ0v) is 32.0. The summed E-state index contributed by atoms with van der Waals surface area (Å²) in [6.45, 7) is 9.38. The monoisotopic (exact) mass is 797 g/mol. The number of carboxylic acid groups (broad SMARTS) is 2. The van der Waals surface area contributed by atoms with E-state index in [1.165, 1.54) is 55.0 Å². The Balaban J connectivity index is 0.000000257. The number of halogens is 3. The zero-order valence-electron chi connectivity index (χ0n) is 32.0. The van der Waals surface area contributed by atoms with Gasteiger partial charge in [-0.3, -0.25) is 9.59 Å². The average Bonchev–Trinajstić information content (AvgIpc) is 3.22. The van der Waals surface area contributed by atoms with Gasteiger partial charge in [-0.2, -0.15) is 13.2 Å². The average molecular weight is 798 g/mol. The molecule has 308 valence electrons. The highest BCUT2D eigenvalue weighted by atomic mass is 19.4. The molecular weight excluding hydrogens is 747 g/mol. The van der Waals surface area contributed by atoms with E-state index < -0.39 is 57.6 Å². The lowest BCUT2D eigenvalue weighted by atomic mass is 9.73. The number of carbonyl (C=O) groups is 5. The second-order valence-corrected chi connectivity index (χ2v) is 14.5. The molecule has 3 unspecified atom stereocenters. The van der Waals surface area contributed by atoms with Crippen molar-refractivity contribution in [2.75, 3.05) is 39.3 Å². The second-order valence-electron chi connectivity index (χ2n) is 14.5. The Morgan fingerprint density at radius 1 is 0.719 bits per heavy atom. The lowest BCUT2D eigenvalue weighted by Crippen LogP contribution is -2.71. The van der Waals surface area contributed by atoms with Crippen LogP contribution in [0.4, 0.5) is 18.0 Å². The van der Waals surface area contributed by atoms with E-state index >= 15 is 0 Å². The minimum atomic E-state index is -4.30. The molecule has 4 N–H and O–H groups in total. The number of Topliss-reactive ketones (excluding diaryl/α,β-unsaturated/α-hetero) is 2. The first-order valence-corrected chi connectivity index (χ1v) is 19.0. The van der Waals surface area contributed by atoms with Crippen molar-refractivity contribution in [3.05, 3.63) is 107 Å². The number of alkyl halides is 3. The maximum Gasteiger partial charge on any atom is 0.416 e. The molecule has 2 aliphatic rings. The van der Waals surface area contributed by atoms with Crippen LogP contribution >= 0.6 is 0 Å². The van der Waals surface area contributed by atoms with Gasteiger partial charge in [0.05, 0.1) is 5.56 Å². The molecule has 2 saturated heterocycles. The third kappa shape index (κ3) is 10.4. The second kappa shape index (κ2) is 19.4. The molecule has 5 rings (SSSR count). The van der Waals surface area contributed by atoms with Crippen LogP contribution in [0.1, 0.15) is 77.8 Å². The van der Waals surface area contributed by atoms with Crippen LogP contribution in [0.15, 0.2) is 84.9 Å². The first-order chi connectivity index (χ1) is 26.9. The van der Waals surface area contributed by atoms with Gasteiger partial charge >= 0.3 is 24.1 Å². The minimum Gasteiger partial charge on any atom is -0.479 e. The van der Waals surface area contributed by atoms with Crippen molar-refractivity contribution in [3.63, 3.8) is 0 Å². The molecule has 0 aliphatic carbocycles. The Kier molecular flexibility index (Phi) is 15.1. The van der Waals surface area contributed by atoms with Crippen LogP contribution in [0, 0.1) is 5.92 Å². The fourth-order valence-corrected chi connectivity index (χ4v) is 7.32. The topological polar surface area (TPSA) is 176 Å². The lowest BCUT2D eigenvalue weighted by molar-refractivity contribution is -0.187. The maximum absolute atomic E-state index is 13.0. The van der Waals surface area contributed by atoms with Crippen molar-refractivity contribution in [3.8, 4) is 0 Å². The number of aliphatic carboxylic acids is 2. The Morgan fingerprint density at radius 2 is 1.19 bits per heavy atom. The number of benzene rings is 3. The molecule has 2 amide bonds. The molecule has 2 aliphatic heterocycles. The smallest absolute Gasteiger partial charge is 0.416 e. The summed E-state index contributed by atoms with van der Waals surface area (Å²) >= 11 is 0. The van der Waals surface area contributed by atoms with Crippen LogP contribution in [0.25, 0.3) is 0 Å². The summed E-state index contributed by atoms with van der Waals surface area (Å²) in [6, 6.07) is 18.9. The highest BCUT2D eigenvalue weighted by Gasteiger charge is 2.69. The molecule has 0 spiro atoms. The molecule has 3 atom stereocenters. The van der Waals surface area contributed by atoms with Crippen molar-refractivity contribution in [2.45, 2.75) is 75.8 Å². The van der Waals surface area contributed by atoms with Crippen LogP contribution < -0.4 is 0 Å². The number of amides is 2. The number of urea groups is 1. The molecule has 0 saturated carbocycles. The number of aliphatic hydroxyl groups is 2. The lowest BCUT2D eigenvalue weighted by Gasteiger charge is -2.39. The van der Waals surface area contributed by atoms with Crippen LogP contribution in [0.5, 0.6) is 0 Å². The summed E-state index contributed by atoms with van der Waals surface area (Å²) in [5, 5.41) is 39.9. The maximum atomic E-state index is 13.0. The number of likely N-dealkylation sites (tertiary alicyclic amines) is 2. The normalized spacial score (nSPS) is 17.7. The van der Waals surface area contributed by atoms with Gasteiger partial charge in [-0.15, -0.1) is 0 Å². The molecule has 2 fully saturated rings. The number of carbonyl (C=O) groups excluding carboxylic acids is 3. The van der Waals surface area contributed by atoms with Gasteiger partial charge in [0.25, 0.3) is 11.2 Å². The Labute approximate surface area is 329 Å². The van der Waals surface area contributed by atoms with Gasteiger partial charge in [-0.1, -0.05) is 85.8 Å². The fourth-order valence-electron chi connectivity index (χ4n) is 7.32. The van der Waals surface area contributed by atoms with E-state index in [0.717, 1.165) is 101 Å². The number of ketones is 2. The minimum absolute atomic E-state index is 0.168. The van der Waals surface area contributed by atoms with Crippen molar-refractivity contribution >= 4 is 29.5 Å². The van der Waals surface area contributed by atoms with E-state index in [2.05, 4.69) is 18.7 Å². The van der Waals surface area contributed by atoms with E-state index in [-0.39, 0.29) is 12.1 Å². The van der Waals surface area contributed by atoms with Crippen LogP contribution in [0.3, 0.4) is 0 Å². The summed E-state index contributed by atoms with van der Waals surface area (Å²) in [5.41, 5.74) is -8.54. The Bertz CT molecular complexity index is 1780. The van der Waals surface area contributed by atoms with E-state index in [1.807, 2.05) is 9.80 Å². The van der Waals surface area contributed by atoms with Gasteiger partial charge in [-0.05, 0) is 69.5 Å². The van der Waals surface area contributed by atoms with Crippen LogP contribution in [0.2, 0.25) is 0 Å². The Morgan fingerprint density at radius 3 is 1.63 bits per heavy atom. The third-order valence-corrected chi connectivity index (χ3v) is 10.7. The largest absolute Gasteiger partial charge is 0.479 e. The van der Waals surface area contributed by atoms with E-state index in [4.69, 9.17) is 0 Å². The molecular formula is C42H50F3N3O9. The van der Waals surface area contributed by atoms with E-state index in [0.29, 0.717) is 12.3 Å². The number of hydrogen-bond donors (Lipinski definition) is 4. The molecule has 12 nitrogen and oxygen atoms in total. The molecule has 57 heavy (non-hydrogen) atoms. The summed E-state index contributed by atoms with van der Waals surface area (Å²) < 4.78 is 39.0. The molecule has 3 aromatic rings. The first kappa shape index (κ1) is 44.6. The van der Waals surface area contributed by atoms with Crippen LogP contribution in [-0.4, -0.2) is 121 Å². The zero-order chi connectivity index (χ0) is 42.0. The van der Waals surface area contributed by atoms with E-state index in [9.17, 15) is 57.6 Å². The van der Waals surface area contributed by atoms with Gasteiger partial charge in [0, 0.05) is 49.9 Å². The first-order valence-electron chi connectivity index (χ1n) is 19.0. The number of carboxylic acids is 2. The third-order valence-electron chi connectivity index (χ3n) is 10.7. The van der Waals surface area contributed by atoms with Crippen molar-refractivity contribution < 1.29 is 57.6 Å². The SMILES string of the molecule is CCN(CC1CCN(C(=O)N2CCCCC2)CC1)C(C)Cc1cccc(C(F)(F)F)c1.O=C(O)C(O)(C(=O)c1ccccc1)C(O)(C(=O)O)C(=O)c1ccccc1. The molecule has 0 bridgehead atoms. The summed E-state index contributed by atoms with van der Waals surface area (Å²) in [6.07, 6.45) is 1.72.